The molecule has 52 heavy (non-hydrogen) atoms. The van der Waals surface area contributed by atoms with Crippen LogP contribution in [0.15, 0.2) is 12.7 Å². The van der Waals surface area contributed by atoms with Gasteiger partial charge in [0.15, 0.2) is 17.7 Å². The number of nitrogens with zero attached hydrogens (tertiary/aromatic N) is 4. The molecule has 0 bridgehead atoms. The molecule has 1 fully saturated rings. The molecule has 2 amide bonds. The normalized spacial score (nSPS) is 23.5. The predicted octanol–water partition coefficient (Wildman–Crippen LogP) is -0.554. The van der Waals surface area contributed by atoms with Gasteiger partial charge < -0.3 is 50.9 Å². The first-order chi connectivity index (χ1) is 24.1. The van der Waals surface area contributed by atoms with Crippen LogP contribution in [-0.4, -0.2) is 130 Å². The molecule has 1 aliphatic rings. The second-order valence-electron chi connectivity index (χ2n) is 12.4. The lowest BCUT2D eigenvalue weighted by atomic mass is 9.87. The number of carbonyl (C=O) groups excluding carboxylic acids is 2. The third kappa shape index (κ3) is 13.0. The molecule has 0 aliphatic carbocycles. The third-order valence-electron chi connectivity index (χ3n) is 7.50. The fraction of sp³-hybridized carbons (Fsp3) is 0.720. The molecular weight excluding hydrogens is 779 g/mol. The second kappa shape index (κ2) is 18.5. The van der Waals surface area contributed by atoms with Crippen molar-refractivity contribution in [2.24, 2.45) is 5.41 Å². The zero-order chi connectivity index (χ0) is 39.1. The van der Waals surface area contributed by atoms with Gasteiger partial charge in [-0.3, -0.25) is 38.6 Å². The molecule has 2 aromatic rings. The first-order valence-corrected chi connectivity index (χ1v) is 22.3. The molecular formula is C25H46N7O16P3S. The van der Waals surface area contributed by atoms with Crippen molar-refractivity contribution in [2.75, 3.05) is 49.8 Å². The fourth-order valence-corrected chi connectivity index (χ4v) is 9.13. The molecule has 0 spiro atoms. The van der Waals surface area contributed by atoms with Crippen LogP contribution in [-0.2, 0) is 45.9 Å². The van der Waals surface area contributed by atoms with Gasteiger partial charge in [0.2, 0.25) is 11.8 Å². The number of imidazole rings is 1. The molecule has 10 N–H and O–H groups in total. The average molecular weight is 826 g/mol. The number of amides is 2. The van der Waals surface area contributed by atoms with Gasteiger partial charge in [-0.1, -0.05) is 20.8 Å². The van der Waals surface area contributed by atoms with Gasteiger partial charge in [0.1, 0.15) is 36.3 Å². The summed E-state index contributed by atoms with van der Waals surface area (Å²) in [6.45, 7) is 3.09. The molecule has 1 saturated heterocycles. The number of phosphoric acid groups is 3. The van der Waals surface area contributed by atoms with Crippen molar-refractivity contribution in [1.82, 2.24) is 30.2 Å². The highest BCUT2D eigenvalue weighted by Crippen LogP contribution is 2.61. The number of aliphatic hydroxyl groups is 2. The first kappa shape index (κ1) is 44.3. The number of carbonyl (C=O) groups is 2. The largest absolute Gasteiger partial charge is 0.481 e. The predicted molar refractivity (Wildman–Crippen MR) is 185 cm³/mol. The van der Waals surface area contributed by atoms with Crippen LogP contribution < -0.4 is 16.4 Å². The summed E-state index contributed by atoms with van der Waals surface area (Å²) in [6.07, 6.45) is -3.45. The summed E-state index contributed by atoms with van der Waals surface area (Å²) in [5.41, 5.74) is 4.33. The van der Waals surface area contributed by atoms with Crippen LogP contribution in [0.3, 0.4) is 0 Å². The van der Waals surface area contributed by atoms with E-state index < -0.39 is 78.6 Å². The van der Waals surface area contributed by atoms with E-state index in [1.807, 2.05) is 0 Å². The van der Waals surface area contributed by atoms with Crippen LogP contribution >= 0.6 is 34.4 Å². The highest BCUT2D eigenvalue weighted by Gasteiger charge is 2.50. The van der Waals surface area contributed by atoms with Crippen LogP contribution in [0.2, 0.25) is 0 Å². The Bertz CT molecular complexity index is 1680. The Morgan fingerprint density at radius 2 is 1.75 bits per heavy atom. The molecule has 3 rings (SSSR count). The number of rotatable bonds is 21. The van der Waals surface area contributed by atoms with Crippen molar-refractivity contribution in [3.63, 3.8) is 0 Å². The van der Waals surface area contributed by atoms with E-state index in [4.69, 9.17) is 19.5 Å². The highest BCUT2D eigenvalue weighted by molar-refractivity contribution is 8.16. The molecule has 0 saturated carbocycles. The number of anilines is 1. The molecule has 2 aromatic heterocycles. The smallest absolute Gasteiger partial charge is 0.386 e. The summed E-state index contributed by atoms with van der Waals surface area (Å²) in [7, 11) is -16.5. The molecule has 27 heteroatoms. The van der Waals surface area contributed by atoms with Crippen molar-refractivity contribution in [3.8, 4) is 0 Å². The SMILES string of the molecule is CCC[SH](C)CCNC(=O)CCNC(=O)C(O)C(C)(C)COP(=O)(O)OP(=O)(O)OC[C@H]1O[C@@H](n2cnc3c(N)ncnc32)[C@H](O)[C@@H]1OP(=O)(O)O. The number of nitrogens with one attached hydrogen (secondary N) is 2. The number of aromatic nitrogens is 4. The Labute approximate surface area is 300 Å². The summed E-state index contributed by atoms with van der Waals surface area (Å²) >= 11 is 0. The second-order valence-corrected chi connectivity index (χ2v) is 19.2. The van der Waals surface area contributed by atoms with Gasteiger partial charge in [0.05, 0.1) is 19.5 Å². The zero-order valence-corrected chi connectivity index (χ0v) is 32.2. The van der Waals surface area contributed by atoms with E-state index in [2.05, 4.69) is 47.6 Å². The molecule has 298 valence electrons. The van der Waals surface area contributed by atoms with Gasteiger partial charge in [-0.25, -0.2) is 28.6 Å². The number of aliphatic hydroxyl groups excluding tert-OH is 2. The fourth-order valence-electron chi connectivity index (χ4n) is 4.82. The Morgan fingerprint density at radius 1 is 1.08 bits per heavy atom. The lowest BCUT2D eigenvalue weighted by molar-refractivity contribution is -0.137. The van der Waals surface area contributed by atoms with Gasteiger partial charge in [-0.05, 0) is 24.2 Å². The molecule has 0 radical (unpaired) electrons. The van der Waals surface area contributed by atoms with E-state index >= 15 is 0 Å². The van der Waals surface area contributed by atoms with Gasteiger partial charge in [-0.2, -0.15) is 4.31 Å². The van der Waals surface area contributed by atoms with Gasteiger partial charge in [0, 0.05) is 24.9 Å². The van der Waals surface area contributed by atoms with E-state index in [9.17, 15) is 53.1 Å². The van der Waals surface area contributed by atoms with Gasteiger partial charge in [0.25, 0.3) is 0 Å². The Morgan fingerprint density at radius 3 is 2.40 bits per heavy atom. The van der Waals surface area contributed by atoms with Gasteiger partial charge in [-0.15, -0.1) is 0 Å². The number of hydrogen-bond donors (Lipinski definition) is 10. The molecule has 3 heterocycles. The Balaban J connectivity index is 1.54. The van der Waals surface area contributed by atoms with E-state index in [-0.39, 0.29) is 46.7 Å². The topological polar surface area (TPSA) is 347 Å². The van der Waals surface area contributed by atoms with E-state index in [0.717, 1.165) is 35.1 Å². The molecule has 1 aliphatic heterocycles. The Hall–Kier alpha value is -2.11. The quantitative estimate of drug-likeness (QED) is 0.0557. The molecule has 0 aromatic carbocycles. The van der Waals surface area contributed by atoms with Crippen molar-refractivity contribution in [1.29, 1.82) is 0 Å². The highest BCUT2D eigenvalue weighted by atomic mass is 32.2. The molecule has 8 atom stereocenters. The average Bonchev–Trinajstić information content (AvgIpc) is 3.59. The number of phosphoric ester groups is 3. The van der Waals surface area contributed by atoms with Crippen LogP contribution in [0.25, 0.3) is 11.2 Å². The number of fused-ring (bicyclic) bond motifs is 1. The maximum absolute atomic E-state index is 12.6. The maximum Gasteiger partial charge on any atom is 0.481 e. The van der Waals surface area contributed by atoms with Gasteiger partial charge >= 0.3 is 23.5 Å². The Kier molecular flexibility index (Phi) is 15.7. The number of nitrogens with two attached hydrogens (primary N) is 1. The van der Waals surface area contributed by atoms with E-state index in [1.54, 1.807) is 0 Å². The minimum atomic E-state index is -5.54. The standard InChI is InChI=1S/C25H46N7O16P3S/c1-5-9-52(4)10-8-27-16(33)6-7-28-23(36)20(35)25(2,3)12-45-51(42,43)48-50(40,41)44-11-15-19(47-49(37,38)39)18(34)24(46-15)32-14-31-17-21(26)29-13-30-22(17)32/h13-15,18-20,24,34-35,52H,5-12H2,1-4H3,(H,27,33)(H,28,36)(H,40,41)(H,42,43)(H2,26,29,30)(H2,37,38,39)/t15-,18-,19-,20?,24-/m1/s1. The lowest BCUT2D eigenvalue weighted by Gasteiger charge is -2.30. The van der Waals surface area contributed by atoms with Crippen LogP contribution in [0.5, 0.6) is 0 Å². The number of hydrogen-bond acceptors (Lipinski definition) is 16. The molecule has 23 nitrogen and oxygen atoms in total. The summed E-state index contributed by atoms with van der Waals surface area (Å²) in [5, 5.41) is 26.5. The van der Waals surface area contributed by atoms with Crippen molar-refractivity contribution >= 4 is 63.2 Å². The first-order valence-electron chi connectivity index (χ1n) is 15.6. The minimum absolute atomic E-state index is 0.0333. The maximum atomic E-state index is 12.6. The van der Waals surface area contributed by atoms with Crippen LogP contribution in [0.4, 0.5) is 5.82 Å². The monoisotopic (exact) mass is 825 g/mol. The van der Waals surface area contributed by atoms with Crippen LogP contribution in [0.1, 0.15) is 39.8 Å². The molecule has 4 unspecified atom stereocenters. The number of thiol groups is 1. The zero-order valence-electron chi connectivity index (χ0n) is 28.6. The summed E-state index contributed by atoms with van der Waals surface area (Å²) in [4.78, 5) is 75.4. The van der Waals surface area contributed by atoms with Crippen molar-refractivity contribution in [2.45, 2.75) is 64.3 Å². The number of nitrogen functional groups attached to an aromatic ring is 1. The van der Waals surface area contributed by atoms with Crippen molar-refractivity contribution < 1.29 is 75.7 Å². The third-order valence-corrected chi connectivity index (χ3v) is 12.8. The minimum Gasteiger partial charge on any atom is -0.386 e. The summed E-state index contributed by atoms with van der Waals surface area (Å²) in [6, 6.07) is 0. The lowest BCUT2D eigenvalue weighted by Crippen LogP contribution is -2.46. The summed E-state index contributed by atoms with van der Waals surface area (Å²) in [5.74, 6) is 0.728. The van der Waals surface area contributed by atoms with E-state index in [0.29, 0.717) is 6.54 Å². The van der Waals surface area contributed by atoms with E-state index in [1.165, 1.54) is 13.8 Å². The van der Waals surface area contributed by atoms with Crippen molar-refractivity contribution in [3.05, 3.63) is 12.7 Å². The van der Waals surface area contributed by atoms with Crippen LogP contribution in [0, 0.1) is 5.41 Å². The summed E-state index contributed by atoms with van der Waals surface area (Å²) < 4.78 is 62.0. The number of ether oxygens (including phenoxy) is 1.